The van der Waals surface area contributed by atoms with Crippen molar-refractivity contribution in [1.29, 1.82) is 0 Å². The fourth-order valence-corrected chi connectivity index (χ4v) is 4.55. The van der Waals surface area contributed by atoms with Gasteiger partial charge < -0.3 is 4.80 Å². The Balaban J connectivity index is 5.03. The first-order chi connectivity index (χ1) is 6.58. The summed E-state index contributed by atoms with van der Waals surface area (Å²) in [6.07, 6.45) is 6.69. The molecule has 1 atom stereocenters. The van der Waals surface area contributed by atoms with E-state index in [1.807, 2.05) is 0 Å². The third kappa shape index (κ3) is 2.70. The highest BCUT2D eigenvalue weighted by atomic mass is 28.3. The molecule has 1 nitrogen and oxygen atoms in total. The first kappa shape index (κ1) is 13.9. The van der Waals surface area contributed by atoms with E-state index in [2.05, 4.69) is 40.3 Å². The van der Waals surface area contributed by atoms with E-state index in [0.29, 0.717) is 0 Å². The second kappa shape index (κ2) is 6.41. The van der Waals surface area contributed by atoms with Crippen LogP contribution in [0.2, 0.25) is 11.6 Å². The summed E-state index contributed by atoms with van der Waals surface area (Å²) in [6, 6.07) is 0. The van der Waals surface area contributed by atoms with Gasteiger partial charge in [-0.25, -0.2) is 0 Å². The van der Waals surface area contributed by atoms with Crippen LogP contribution in [0.4, 0.5) is 0 Å². The van der Waals surface area contributed by atoms with E-state index in [0.717, 1.165) is 25.7 Å². The maximum atomic E-state index is 10.1. The van der Waals surface area contributed by atoms with E-state index in [4.69, 9.17) is 0 Å². The molecule has 0 aromatic heterocycles. The van der Waals surface area contributed by atoms with Gasteiger partial charge in [0.15, 0.2) is 9.04 Å². The van der Waals surface area contributed by atoms with Crippen molar-refractivity contribution in [2.45, 2.75) is 65.0 Å². The van der Waals surface area contributed by atoms with Gasteiger partial charge in [0.2, 0.25) is 0 Å². The molecule has 0 aromatic carbocycles. The molecule has 0 heterocycles. The van der Waals surface area contributed by atoms with Crippen molar-refractivity contribution in [3.63, 3.8) is 0 Å². The minimum absolute atomic E-state index is 0.157. The highest BCUT2D eigenvalue weighted by Gasteiger charge is 2.35. The Morgan fingerprint density at radius 1 is 1.21 bits per heavy atom. The molecule has 0 saturated carbocycles. The first-order valence-electron chi connectivity index (χ1n) is 5.96. The fraction of sp³-hybridized carbons (Fsp3) is 0.833. The van der Waals surface area contributed by atoms with Crippen LogP contribution in [0.15, 0.2) is 11.6 Å². The Bertz CT molecular complexity index is 181. The lowest BCUT2D eigenvalue weighted by Gasteiger charge is -2.36. The average molecular weight is 214 g/mol. The summed E-state index contributed by atoms with van der Waals surface area (Å²) >= 11 is 0. The van der Waals surface area contributed by atoms with Crippen LogP contribution in [-0.2, 0) is 0 Å². The van der Waals surface area contributed by atoms with Gasteiger partial charge in [-0.05, 0) is 32.2 Å². The number of allylic oxidation sites excluding steroid dienone is 2. The largest absolute Gasteiger partial charge is 0.434 e. The summed E-state index contributed by atoms with van der Waals surface area (Å²) in [5.41, 5.74) is 1.49. The van der Waals surface area contributed by atoms with Crippen molar-refractivity contribution < 1.29 is 4.80 Å². The topological polar surface area (TPSA) is 20.2 Å². The Morgan fingerprint density at radius 2 is 1.71 bits per heavy atom. The van der Waals surface area contributed by atoms with Crippen molar-refractivity contribution in [1.82, 2.24) is 0 Å². The Morgan fingerprint density at radius 3 is 1.93 bits per heavy atom. The van der Waals surface area contributed by atoms with Gasteiger partial charge in [-0.3, -0.25) is 0 Å². The van der Waals surface area contributed by atoms with Crippen LogP contribution in [0, 0.1) is 0 Å². The molecule has 0 radical (unpaired) electrons. The van der Waals surface area contributed by atoms with Crippen molar-refractivity contribution in [2.75, 3.05) is 0 Å². The lowest BCUT2D eigenvalue weighted by atomic mass is 9.89. The van der Waals surface area contributed by atoms with E-state index in [1.165, 1.54) is 5.57 Å². The minimum atomic E-state index is -1.60. The van der Waals surface area contributed by atoms with Gasteiger partial charge in [-0.2, -0.15) is 0 Å². The summed E-state index contributed by atoms with van der Waals surface area (Å²) in [7, 11) is -1.60. The lowest BCUT2D eigenvalue weighted by molar-refractivity contribution is 0.464. The second-order valence-corrected chi connectivity index (χ2v) is 6.49. The molecule has 0 saturated heterocycles. The van der Waals surface area contributed by atoms with Gasteiger partial charge in [0.05, 0.1) is 0 Å². The second-order valence-electron chi connectivity index (χ2n) is 4.03. The van der Waals surface area contributed by atoms with Crippen LogP contribution >= 0.6 is 0 Å². The molecule has 0 rings (SSSR count). The Hall–Kier alpha value is -0.0831. The molecule has 1 unspecified atom stereocenters. The highest BCUT2D eigenvalue weighted by Crippen LogP contribution is 2.46. The SMILES string of the molecule is CCC=C(CC)C(CC)(CC)[SiH](C)O. The molecular formula is C12H26OSi. The van der Waals surface area contributed by atoms with Crippen molar-refractivity contribution in [3.8, 4) is 0 Å². The molecular weight excluding hydrogens is 188 g/mol. The van der Waals surface area contributed by atoms with Crippen LogP contribution in [0.25, 0.3) is 0 Å². The Kier molecular flexibility index (Phi) is 6.37. The average Bonchev–Trinajstić information content (AvgIpc) is 2.18. The highest BCUT2D eigenvalue weighted by molar-refractivity contribution is 6.53. The van der Waals surface area contributed by atoms with Gasteiger partial charge in [0.1, 0.15) is 0 Å². The minimum Gasteiger partial charge on any atom is -0.434 e. The van der Waals surface area contributed by atoms with Gasteiger partial charge in [0.25, 0.3) is 0 Å². The van der Waals surface area contributed by atoms with Crippen molar-refractivity contribution >= 4 is 9.04 Å². The van der Waals surface area contributed by atoms with Gasteiger partial charge in [0, 0.05) is 5.04 Å². The van der Waals surface area contributed by atoms with E-state index in [1.54, 1.807) is 0 Å². The zero-order valence-electron chi connectivity index (χ0n) is 10.4. The van der Waals surface area contributed by atoms with Crippen molar-refractivity contribution in [2.24, 2.45) is 0 Å². The zero-order chi connectivity index (χ0) is 11.2. The molecule has 14 heavy (non-hydrogen) atoms. The molecule has 84 valence electrons. The summed E-state index contributed by atoms with van der Waals surface area (Å²) in [5, 5.41) is 0.157. The summed E-state index contributed by atoms with van der Waals surface area (Å²) in [6.45, 7) is 10.9. The molecule has 1 N–H and O–H groups in total. The predicted molar refractivity (Wildman–Crippen MR) is 67.2 cm³/mol. The van der Waals surface area contributed by atoms with Crippen LogP contribution < -0.4 is 0 Å². The number of rotatable bonds is 6. The summed E-state index contributed by atoms with van der Waals surface area (Å²) < 4.78 is 0. The molecule has 2 heteroatoms. The standard InChI is InChI=1S/C12H26OSi/c1-6-10-11(7-2)12(8-3,9-4)14(5)13/h10,13-14H,6-9H2,1-5H3. The number of hydrogen-bond donors (Lipinski definition) is 1. The third-order valence-corrected chi connectivity index (χ3v) is 6.32. The van der Waals surface area contributed by atoms with Crippen molar-refractivity contribution in [3.05, 3.63) is 11.6 Å². The third-order valence-electron chi connectivity index (χ3n) is 3.53. The molecule has 0 spiro atoms. The smallest absolute Gasteiger partial charge is 0.179 e. The van der Waals surface area contributed by atoms with Crippen LogP contribution in [0.1, 0.15) is 53.4 Å². The monoisotopic (exact) mass is 214 g/mol. The quantitative estimate of drug-likeness (QED) is 0.529. The van der Waals surface area contributed by atoms with E-state index in [9.17, 15) is 4.80 Å². The first-order valence-corrected chi connectivity index (χ1v) is 8.21. The van der Waals surface area contributed by atoms with E-state index in [-0.39, 0.29) is 5.04 Å². The summed E-state index contributed by atoms with van der Waals surface area (Å²) in [4.78, 5) is 10.1. The van der Waals surface area contributed by atoms with Gasteiger partial charge >= 0.3 is 0 Å². The molecule has 0 bridgehead atoms. The zero-order valence-corrected chi connectivity index (χ0v) is 11.6. The van der Waals surface area contributed by atoms with Crippen LogP contribution in [0.3, 0.4) is 0 Å². The van der Waals surface area contributed by atoms with E-state index < -0.39 is 9.04 Å². The fourth-order valence-electron chi connectivity index (χ4n) is 2.51. The van der Waals surface area contributed by atoms with Gasteiger partial charge in [-0.15, -0.1) is 0 Å². The van der Waals surface area contributed by atoms with Gasteiger partial charge in [-0.1, -0.05) is 39.3 Å². The molecule has 0 aliphatic carbocycles. The molecule has 0 amide bonds. The Labute approximate surface area is 91.0 Å². The normalized spacial score (nSPS) is 15.7. The predicted octanol–water partition coefficient (Wildman–Crippen LogP) is 3.64. The van der Waals surface area contributed by atoms with Crippen LogP contribution in [-0.4, -0.2) is 13.8 Å². The lowest BCUT2D eigenvalue weighted by Crippen LogP contribution is -2.31. The van der Waals surface area contributed by atoms with Crippen LogP contribution in [0.5, 0.6) is 0 Å². The maximum absolute atomic E-state index is 10.1. The number of hydrogen-bond acceptors (Lipinski definition) is 1. The maximum Gasteiger partial charge on any atom is 0.179 e. The van der Waals surface area contributed by atoms with E-state index >= 15 is 0 Å². The molecule has 0 aliphatic rings. The summed E-state index contributed by atoms with van der Waals surface area (Å²) in [5.74, 6) is 0. The molecule has 0 aromatic rings. The molecule has 0 aliphatic heterocycles. The molecule has 0 fully saturated rings.